The minimum atomic E-state index is -0.102. The van der Waals surface area contributed by atoms with E-state index in [0.29, 0.717) is 12.5 Å². The number of aliphatic hydroxyl groups is 2. The lowest BCUT2D eigenvalue weighted by atomic mass is 9.87. The number of hydrogen-bond acceptors (Lipinski definition) is 2. The molecule has 0 amide bonds. The van der Waals surface area contributed by atoms with Crippen LogP contribution in [0.5, 0.6) is 0 Å². The van der Waals surface area contributed by atoms with Gasteiger partial charge in [-0.25, -0.2) is 0 Å². The highest BCUT2D eigenvalue weighted by Gasteiger charge is 2.18. The molecule has 0 fully saturated rings. The molecule has 2 N–H and O–H groups in total. The zero-order valence-electron chi connectivity index (χ0n) is 18.2. The Morgan fingerprint density at radius 2 is 0.885 bits per heavy atom. The molecule has 0 saturated heterocycles. The van der Waals surface area contributed by atoms with Crippen molar-refractivity contribution in [3.8, 4) is 0 Å². The average molecular weight is 371 g/mol. The topological polar surface area (TPSA) is 40.5 Å². The van der Waals surface area contributed by atoms with Crippen molar-refractivity contribution in [2.75, 3.05) is 6.61 Å². The molecule has 0 heterocycles. The maximum absolute atomic E-state index is 10.7. The van der Waals surface area contributed by atoms with Gasteiger partial charge in [0.25, 0.3) is 0 Å². The normalized spacial score (nSPS) is 13.8. The van der Waals surface area contributed by atoms with Crippen LogP contribution in [0.1, 0.15) is 136 Å². The van der Waals surface area contributed by atoms with Gasteiger partial charge >= 0.3 is 0 Å². The molecule has 0 aromatic rings. The van der Waals surface area contributed by atoms with E-state index in [0.717, 1.165) is 32.1 Å². The van der Waals surface area contributed by atoms with E-state index in [-0.39, 0.29) is 6.10 Å². The van der Waals surface area contributed by atoms with Crippen molar-refractivity contribution < 1.29 is 10.2 Å². The third-order valence-electron chi connectivity index (χ3n) is 5.81. The van der Waals surface area contributed by atoms with Crippen LogP contribution in [0.4, 0.5) is 0 Å². The largest absolute Gasteiger partial charge is 0.396 e. The quantitative estimate of drug-likeness (QED) is 0.206. The molecule has 2 heteroatoms. The van der Waals surface area contributed by atoms with Crippen LogP contribution in [-0.4, -0.2) is 22.9 Å². The first-order valence-electron chi connectivity index (χ1n) is 12.0. The fourth-order valence-electron chi connectivity index (χ4n) is 3.96. The van der Waals surface area contributed by atoms with Gasteiger partial charge in [0, 0.05) is 6.61 Å². The standard InChI is InChI=1S/C24H50O2/c1-3-5-7-9-10-11-12-13-17-21-24(26)23(19-15-8-6-4-2)20-16-14-18-22-25/h23-26H,3-22H2,1-2H3. The Morgan fingerprint density at radius 1 is 0.500 bits per heavy atom. The van der Waals surface area contributed by atoms with Gasteiger partial charge < -0.3 is 10.2 Å². The highest BCUT2D eigenvalue weighted by molar-refractivity contribution is 4.70. The van der Waals surface area contributed by atoms with Gasteiger partial charge in [0.05, 0.1) is 6.10 Å². The first kappa shape index (κ1) is 25.9. The molecule has 0 radical (unpaired) electrons. The number of unbranched alkanes of at least 4 members (excludes halogenated alkanes) is 13. The smallest absolute Gasteiger partial charge is 0.0568 e. The lowest BCUT2D eigenvalue weighted by Gasteiger charge is -2.23. The SMILES string of the molecule is CCCCCCCCCCCC(O)C(CCCCCC)CCCCCO. The van der Waals surface area contributed by atoms with Gasteiger partial charge in [-0.3, -0.25) is 0 Å². The summed E-state index contributed by atoms with van der Waals surface area (Å²) in [6.45, 7) is 4.84. The van der Waals surface area contributed by atoms with E-state index in [9.17, 15) is 5.11 Å². The fraction of sp³-hybridized carbons (Fsp3) is 1.00. The van der Waals surface area contributed by atoms with Gasteiger partial charge in [-0.15, -0.1) is 0 Å². The minimum Gasteiger partial charge on any atom is -0.396 e. The van der Waals surface area contributed by atoms with Gasteiger partial charge in [-0.2, -0.15) is 0 Å². The monoisotopic (exact) mass is 370 g/mol. The van der Waals surface area contributed by atoms with Crippen LogP contribution in [0, 0.1) is 5.92 Å². The molecule has 0 rings (SSSR count). The van der Waals surface area contributed by atoms with Crippen LogP contribution in [0.2, 0.25) is 0 Å². The van der Waals surface area contributed by atoms with Crippen molar-refractivity contribution in [1.82, 2.24) is 0 Å². The van der Waals surface area contributed by atoms with E-state index < -0.39 is 0 Å². The molecule has 0 saturated carbocycles. The molecular weight excluding hydrogens is 320 g/mol. The summed E-state index contributed by atoms with van der Waals surface area (Å²) < 4.78 is 0. The second kappa shape index (κ2) is 21.2. The van der Waals surface area contributed by atoms with E-state index in [2.05, 4.69) is 13.8 Å². The molecule has 26 heavy (non-hydrogen) atoms. The number of hydrogen-bond donors (Lipinski definition) is 2. The molecule has 2 atom stereocenters. The van der Waals surface area contributed by atoms with E-state index in [1.54, 1.807) is 0 Å². The molecule has 0 spiro atoms. The minimum absolute atomic E-state index is 0.102. The van der Waals surface area contributed by atoms with Crippen LogP contribution in [0.25, 0.3) is 0 Å². The summed E-state index contributed by atoms with van der Waals surface area (Å²) in [5, 5.41) is 19.6. The lowest BCUT2D eigenvalue weighted by molar-refractivity contribution is 0.0828. The maximum atomic E-state index is 10.7. The van der Waals surface area contributed by atoms with E-state index in [1.807, 2.05) is 0 Å². The first-order chi connectivity index (χ1) is 12.8. The summed E-state index contributed by atoms with van der Waals surface area (Å²) in [6.07, 6.45) is 23.7. The van der Waals surface area contributed by atoms with Crippen LogP contribution in [-0.2, 0) is 0 Å². The van der Waals surface area contributed by atoms with Crippen LogP contribution < -0.4 is 0 Å². The molecule has 2 nitrogen and oxygen atoms in total. The zero-order valence-corrected chi connectivity index (χ0v) is 18.2. The van der Waals surface area contributed by atoms with E-state index >= 15 is 0 Å². The molecule has 158 valence electrons. The van der Waals surface area contributed by atoms with Gasteiger partial charge in [0.1, 0.15) is 0 Å². The molecule has 0 aromatic carbocycles. The maximum Gasteiger partial charge on any atom is 0.0568 e. The van der Waals surface area contributed by atoms with Gasteiger partial charge in [0.15, 0.2) is 0 Å². The highest BCUT2D eigenvalue weighted by Crippen LogP contribution is 2.24. The van der Waals surface area contributed by atoms with Crippen molar-refractivity contribution >= 4 is 0 Å². The first-order valence-corrected chi connectivity index (χ1v) is 12.0. The average Bonchev–Trinajstić information content (AvgIpc) is 2.65. The predicted molar refractivity (Wildman–Crippen MR) is 116 cm³/mol. The predicted octanol–water partition coefficient (Wildman–Crippen LogP) is 7.41. The van der Waals surface area contributed by atoms with Gasteiger partial charge in [0.2, 0.25) is 0 Å². The third kappa shape index (κ3) is 17.3. The molecule has 2 unspecified atom stereocenters. The molecule has 0 bridgehead atoms. The van der Waals surface area contributed by atoms with E-state index in [1.165, 1.54) is 89.9 Å². The fourth-order valence-corrected chi connectivity index (χ4v) is 3.96. The second-order valence-corrected chi connectivity index (χ2v) is 8.37. The van der Waals surface area contributed by atoms with Gasteiger partial charge in [-0.05, 0) is 31.6 Å². The molecule has 0 aliphatic carbocycles. The number of aliphatic hydroxyl groups excluding tert-OH is 2. The summed E-state index contributed by atoms with van der Waals surface area (Å²) in [4.78, 5) is 0. The Morgan fingerprint density at radius 3 is 1.38 bits per heavy atom. The Bertz CT molecular complexity index is 243. The van der Waals surface area contributed by atoms with E-state index in [4.69, 9.17) is 5.11 Å². The van der Waals surface area contributed by atoms with Crippen molar-refractivity contribution in [2.45, 2.75) is 142 Å². The Hall–Kier alpha value is -0.0800. The zero-order chi connectivity index (χ0) is 19.3. The summed E-state index contributed by atoms with van der Waals surface area (Å²) in [5.74, 6) is 0.486. The molecule has 0 aliphatic heterocycles. The molecular formula is C24H50O2. The second-order valence-electron chi connectivity index (χ2n) is 8.37. The summed E-state index contributed by atoms with van der Waals surface area (Å²) in [6, 6.07) is 0. The summed E-state index contributed by atoms with van der Waals surface area (Å²) in [7, 11) is 0. The Labute approximate surface area is 165 Å². The molecule has 0 aromatic heterocycles. The highest BCUT2D eigenvalue weighted by atomic mass is 16.3. The van der Waals surface area contributed by atoms with Crippen molar-refractivity contribution in [1.29, 1.82) is 0 Å². The summed E-state index contributed by atoms with van der Waals surface area (Å²) in [5.41, 5.74) is 0. The Balaban J connectivity index is 3.82. The third-order valence-corrected chi connectivity index (χ3v) is 5.81. The lowest BCUT2D eigenvalue weighted by Crippen LogP contribution is -2.20. The number of rotatable bonds is 21. The molecule has 0 aliphatic rings. The van der Waals surface area contributed by atoms with Crippen molar-refractivity contribution in [3.63, 3.8) is 0 Å². The Kier molecular flexibility index (Phi) is 21.2. The van der Waals surface area contributed by atoms with Gasteiger partial charge in [-0.1, -0.05) is 110 Å². The summed E-state index contributed by atoms with van der Waals surface area (Å²) >= 11 is 0. The van der Waals surface area contributed by atoms with Crippen molar-refractivity contribution in [2.24, 2.45) is 5.92 Å². The van der Waals surface area contributed by atoms with Crippen LogP contribution >= 0.6 is 0 Å². The van der Waals surface area contributed by atoms with Crippen LogP contribution in [0.3, 0.4) is 0 Å². The van der Waals surface area contributed by atoms with Crippen LogP contribution in [0.15, 0.2) is 0 Å². The van der Waals surface area contributed by atoms with Crippen molar-refractivity contribution in [3.05, 3.63) is 0 Å².